The van der Waals surface area contributed by atoms with Gasteiger partial charge in [0.1, 0.15) is 0 Å². The molecule has 2 aliphatic rings. The van der Waals surface area contributed by atoms with E-state index in [-0.39, 0.29) is 29.1 Å². The Kier molecular flexibility index (Phi) is 6.75. The quantitative estimate of drug-likeness (QED) is 0.807. The van der Waals surface area contributed by atoms with Gasteiger partial charge in [0, 0.05) is 31.9 Å². The number of hydrogen-bond donors (Lipinski definition) is 1. The molecule has 0 unspecified atom stereocenters. The molecule has 1 N–H and O–H groups in total. The number of benzene rings is 1. The number of sulfonamides is 1. The molecule has 1 aromatic carbocycles. The lowest BCUT2D eigenvalue weighted by Gasteiger charge is -2.38. The van der Waals surface area contributed by atoms with Gasteiger partial charge in [0.15, 0.2) is 0 Å². The van der Waals surface area contributed by atoms with Crippen molar-refractivity contribution in [3.05, 3.63) is 24.3 Å². The van der Waals surface area contributed by atoms with E-state index in [1.54, 1.807) is 28.6 Å². The molecule has 0 radical (unpaired) electrons. The van der Waals surface area contributed by atoms with E-state index >= 15 is 0 Å². The van der Waals surface area contributed by atoms with Gasteiger partial charge in [-0.05, 0) is 57.9 Å². The molecule has 2 aliphatic heterocycles. The highest BCUT2D eigenvalue weighted by Gasteiger charge is 2.29. The van der Waals surface area contributed by atoms with Crippen LogP contribution in [-0.2, 0) is 19.6 Å². The summed E-state index contributed by atoms with van der Waals surface area (Å²) in [5.41, 5.74) is 0.601. The fourth-order valence-electron chi connectivity index (χ4n) is 3.91. The molecule has 7 nitrogen and oxygen atoms in total. The standard InChI is InChI=1S/C20H31N3O4S/c1-15-13-22(14-16(2)27-15)17(3)20(24)21-18-7-9-19(10-8-18)28(25,26)23-11-5-4-6-12-23/h7-10,15-17H,4-6,11-14H2,1-3H3,(H,21,24)/t15-,16+,17-/m1/s1. The fraction of sp³-hybridized carbons (Fsp3) is 0.650. The van der Waals surface area contributed by atoms with Crippen LogP contribution in [0.25, 0.3) is 0 Å². The van der Waals surface area contributed by atoms with Crippen molar-refractivity contribution in [1.82, 2.24) is 9.21 Å². The molecule has 1 aromatic rings. The number of piperidine rings is 1. The first-order valence-corrected chi connectivity index (χ1v) is 11.5. The summed E-state index contributed by atoms with van der Waals surface area (Å²) >= 11 is 0. The summed E-state index contributed by atoms with van der Waals surface area (Å²) in [4.78, 5) is 15.0. The predicted molar refractivity (Wildman–Crippen MR) is 109 cm³/mol. The normalized spacial score (nSPS) is 26.0. The third-order valence-corrected chi connectivity index (χ3v) is 7.36. The van der Waals surface area contributed by atoms with Gasteiger partial charge < -0.3 is 10.1 Å². The Bertz CT molecular complexity index is 765. The smallest absolute Gasteiger partial charge is 0.243 e. The third-order valence-electron chi connectivity index (χ3n) is 5.45. The highest BCUT2D eigenvalue weighted by Crippen LogP contribution is 2.22. The van der Waals surface area contributed by atoms with Crippen LogP contribution in [0.2, 0.25) is 0 Å². The van der Waals surface area contributed by atoms with Crippen LogP contribution in [0.5, 0.6) is 0 Å². The molecule has 1 amide bonds. The topological polar surface area (TPSA) is 79.0 Å². The maximum absolute atomic E-state index is 12.7. The van der Waals surface area contributed by atoms with E-state index in [1.165, 1.54) is 0 Å². The fourth-order valence-corrected chi connectivity index (χ4v) is 5.43. The van der Waals surface area contributed by atoms with Gasteiger partial charge in [-0.25, -0.2) is 8.42 Å². The van der Waals surface area contributed by atoms with Crippen LogP contribution in [0.15, 0.2) is 29.2 Å². The van der Waals surface area contributed by atoms with E-state index < -0.39 is 10.0 Å². The van der Waals surface area contributed by atoms with Crippen molar-refractivity contribution in [3.63, 3.8) is 0 Å². The lowest BCUT2D eigenvalue weighted by molar-refractivity contribution is -0.126. The van der Waals surface area contributed by atoms with Crippen molar-refractivity contribution in [1.29, 1.82) is 0 Å². The third kappa shape index (κ3) is 4.92. The zero-order valence-corrected chi connectivity index (χ0v) is 17.7. The molecule has 2 heterocycles. The van der Waals surface area contributed by atoms with Gasteiger partial charge >= 0.3 is 0 Å². The summed E-state index contributed by atoms with van der Waals surface area (Å²) in [6, 6.07) is 6.18. The zero-order chi connectivity index (χ0) is 20.3. The van der Waals surface area contributed by atoms with Gasteiger partial charge in [0.05, 0.1) is 23.1 Å². The molecular formula is C20H31N3O4S. The number of carbonyl (C=O) groups is 1. The lowest BCUT2D eigenvalue weighted by atomic mass is 10.1. The molecule has 3 rings (SSSR count). The van der Waals surface area contributed by atoms with Crippen LogP contribution in [0.3, 0.4) is 0 Å². The second kappa shape index (κ2) is 8.90. The van der Waals surface area contributed by atoms with Crippen LogP contribution < -0.4 is 5.32 Å². The van der Waals surface area contributed by atoms with E-state index in [9.17, 15) is 13.2 Å². The van der Waals surface area contributed by atoms with Gasteiger partial charge in [-0.1, -0.05) is 6.42 Å². The van der Waals surface area contributed by atoms with Crippen LogP contribution in [-0.4, -0.2) is 68.0 Å². The number of anilines is 1. The van der Waals surface area contributed by atoms with Gasteiger partial charge in [-0.3, -0.25) is 9.69 Å². The zero-order valence-electron chi connectivity index (χ0n) is 16.9. The second-order valence-electron chi connectivity index (χ2n) is 7.87. The molecule has 156 valence electrons. The molecule has 2 fully saturated rings. The number of amides is 1. The van der Waals surface area contributed by atoms with E-state index in [4.69, 9.17) is 4.74 Å². The van der Waals surface area contributed by atoms with Crippen molar-refractivity contribution in [2.45, 2.75) is 63.2 Å². The van der Waals surface area contributed by atoms with Gasteiger partial charge in [-0.15, -0.1) is 0 Å². The van der Waals surface area contributed by atoms with E-state index in [0.717, 1.165) is 19.3 Å². The summed E-state index contributed by atoms with van der Waals surface area (Å²) in [7, 11) is -3.45. The van der Waals surface area contributed by atoms with Crippen molar-refractivity contribution < 1.29 is 17.9 Å². The number of nitrogens with zero attached hydrogens (tertiary/aromatic N) is 2. The largest absolute Gasteiger partial charge is 0.373 e. The summed E-state index contributed by atoms with van der Waals surface area (Å²) in [6.45, 7) is 8.49. The average molecular weight is 410 g/mol. The van der Waals surface area contributed by atoms with Crippen molar-refractivity contribution in [2.75, 3.05) is 31.5 Å². The first-order valence-electron chi connectivity index (χ1n) is 10.1. The molecule has 0 aliphatic carbocycles. The Hall–Kier alpha value is -1.48. The number of ether oxygens (including phenoxy) is 1. The Morgan fingerprint density at radius 3 is 2.21 bits per heavy atom. The molecule has 28 heavy (non-hydrogen) atoms. The summed E-state index contributed by atoms with van der Waals surface area (Å²) in [5, 5.41) is 2.90. The number of rotatable bonds is 5. The van der Waals surface area contributed by atoms with Crippen molar-refractivity contribution in [3.8, 4) is 0 Å². The minimum Gasteiger partial charge on any atom is -0.373 e. The number of nitrogens with one attached hydrogen (secondary N) is 1. The maximum Gasteiger partial charge on any atom is 0.243 e. The van der Waals surface area contributed by atoms with Crippen LogP contribution >= 0.6 is 0 Å². The van der Waals surface area contributed by atoms with Gasteiger partial charge in [-0.2, -0.15) is 4.31 Å². The molecule has 2 saturated heterocycles. The molecule has 0 saturated carbocycles. The van der Waals surface area contributed by atoms with E-state index in [0.29, 0.717) is 31.9 Å². The number of carbonyl (C=O) groups excluding carboxylic acids is 1. The Balaban J connectivity index is 1.62. The van der Waals surface area contributed by atoms with Crippen molar-refractivity contribution >= 4 is 21.6 Å². The first kappa shape index (κ1) is 21.2. The van der Waals surface area contributed by atoms with Gasteiger partial charge in [0.25, 0.3) is 0 Å². The van der Waals surface area contributed by atoms with Crippen LogP contribution in [0, 0.1) is 0 Å². The Labute approximate surface area is 168 Å². The highest BCUT2D eigenvalue weighted by atomic mass is 32.2. The maximum atomic E-state index is 12.7. The summed E-state index contributed by atoms with van der Waals surface area (Å²) < 4.78 is 32.7. The lowest BCUT2D eigenvalue weighted by Crippen LogP contribution is -2.52. The predicted octanol–water partition coefficient (Wildman–Crippen LogP) is 2.30. The molecule has 8 heteroatoms. The minimum absolute atomic E-state index is 0.0956. The molecule has 0 bridgehead atoms. The van der Waals surface area contributed by atoms with Gasteiger partial charge in [0.2, 0.25) is 15.9 Å². The molecular weight excluding hydrogens is 378 g/mol. The first-order chi connectivity index (χ1) is 13.3. The molecule has 3 atom stereocenters. The summed E-state index contributed by atoms with van der Waals surface area (Å²) in [5.74, 6) is -0.104. The Morgan fingerprint density at radius 2 is 1.64 bits per heavy atom. The molecule has 0 aromatic heterocycles. The van der Waals surface area contributed by atoms with Crippen LogP contribution in [0.1, 0.15) is 40.0 Å². The summed E-state index contributed by atoms with van der Waals surface area (Å²) in [6.07, 6.45) is 3.08. The second-order valence-corrected chi connectivity index (χ2v) is 9.80. The van der Waals surface area contributed by atoms with Crippen molar-refractivity contribution in [2.24, 2.45) is 0 Å². The highest BCUT2D eigenvalue weighted by molar-refractivity contribution is 7.89. The Morgan fingerprint density at radius 1 is 1.07 bits per heavy atom. The molecule has 0 spiro atoms. The van der Waals surface area contributed by atoms with E-state index in [2.05, 4.69) is 10.2 Å². The van der Waals surface area contributed by atoms with Crippen LogP contribution in [0.4, 0.5) is 5.69 Å². The number of morpholine rings is 1. The minimum atomic E-state index is -3.45. The number of hydrogen-bond acceptors (Lipinski definition) is 5. The monoisotopic (exact) mass is 409 g/mol. The van der Waals surface area contributed by atoms with E-state index in [1.807, 2.05) is 20.8 Å². The average Bonchev–Trinajstić information content (AvgIpc) is 2.67. The SMILES string of the molecule is C[C@@H]1CN([C@H](C)C(=O)Nc2ccc(S(=O)(=O)N3CCCCC3)cc2)C[C@H](C)O1.